The van der Waals surface area contributed by atoms with E-state index in [-0.39, 0.29) is 6.10 Å². The number of hydrogen-bond acceptors (Lipinski definition) is 3. The molecule has 0 bridgehead atoms. The Morgan fingerprint density at radius 1 is 1.22 bits per heavy atom. The van der Waals surface area contributed by atoms with Crippen LogP contribution in [0.4, 0.5) is 0 Å². The molecule has 0 saturated heterocycles. The highest BCUT2D eigenvalue weighted by Gasteiger charge is 2.10. The van der Waals surface area contributed by atoms with Crippen LogP contribution in [-0.4, -0.2) is 26.9 Å². The van der Waals surface area contributed by atoms with Crippen molar-refractivity contribution in [2.75, 3.05) is 20.8 Å². The van der Waals surface area contributed by atoms with E-state index in [2.05, 4.69) is 38.2 Å². The molecule has 0 heterocycles. The smallest absolute Gasteiger partial charge is 0.125 e. The number of hydrogen-bond donors (Lipinski definition) is 1. The molecule has 0 aliphatic carbocycles. The molecule has 1 atom stereocenters. The van der Waals surface area contributed by atoms with Crippen molar-refractivity contribution in [1.29, 1.82) is 0 Å². The summed E-state index contributed by atoms with van der Waals surface area (Å²) in [5.41, 5.74) is 3.69. The van der Waals surface area contributed by atoms with Gasteiger partial charge in [0.15, 0.2) is 0 Å². The molecule has 3 heteroatoms. The van der Waals surface area contributed by atoms with Crippen molar-refractivity contribution in [3.63, 3.8) is 0 Å². The lowest BCUT2D eigenvalue weighted by atomic mass is 10.1. The van der Waals surface area contributed by atoms with Gasteiger partial charge in [0.05, 0.1) is 6.10 Å². The zero-order valence-electron chi connectivity index (χ0n) is 12.2. The molecule has 1 unspecified atom stereocenters. The van der Waals surface area contributed by atoms with Gasteiger partial charge in [-0.1, -0.05) is 12.1 Å². The van der Waals surface area contributed by atoms with Gasteiger partial charge in [0.25, 0.3) is 0 Å². The van der Waals surface area contributed by atoms with E-state index >= 15 is 0 Å². The zero-order valence-corrected chi connectivity index (χ0v) is 12.2. The molecule has 1 N–H and O–H groups in total. The number of nitrogens with one attached hydrogen (secondary N) is 1. The Balaban J connectivity index is 2.76. The van der Waals surface area contributed by atoms with Crippen LogP contribution in [0.25, 0.3) is 0 Å². The summed E-state index contributed by atoms with van der Waals surface area (Å²) in [6.07, 6.45) is 1.09. The molecule has 0 spiro atoms. The topological polar surface area (TPSA) is 30.5 Å². The molecule has 0 amide bonds. The molecular weight excluding hydrogens is 226 g/mol. The molecule has 0 aliphatic rings. The summed E-state index contributed by atoms with van der Waals surface area (Å²) in [5.74, 6) is 1.01. The van der Waals surface area contributed by atoms with E-state index in [1.807, 2.05) is 7.05 Å². The second kappa shape index (κ2) is 7.39. The van der Waals surface area contributed by atoms with E-state index in [4.69, 9.17) is 9.47 Å². The van der Waals surface area contributed by atoms with Gasteiger partial charge in [0.2, 0.25) is 0 Å². The van der Waals surface area contributed by atoms with Crippen molar-refractivity contribution in [3.05, 3.63) is 28.8 Å². The maximum absolute atomic E-state index is 6.01. The maximum Gasteiger partial charge on any atom is 0.125 e. The largest absolute Gasteiger partial charge is 0.490 e. The molecule has 0 fully saturated rings. The fraction of sp³-hybridized carbons (Fsp3) is 0.600. The Kier molecular flexibility index (Phi) is 6.16. The minimum absolute atomic E-state index is 0.178. The summed E-state index contributed by atoms with van der Waals surface area (Å²) in [4.78, 5) is 0. The van der Waals surface area contributed by atoms with Crippen LogP contribution >= 0.6 is 0 Å². The second-order valence-electron chi connectivity index (χ2n) is 4.80. The van der Waals surface area contributed by atoms with Crippen molar-refractivity contribution >= 4 is 0 Å². The summed E-state index contributed by atoms with van der Waals surface area (Å²) < 4.78 is 11.1. The highest BCUT2D eigenvalue weighted by molar-refractivity contribution is 5.43. The average Bonchev–Trinajstić information content (AvgIpc) is 2.31. The lowest BCUT2D eigenvalue weighted by Gasteiger charge is -2.19. The number of methoxy groups -OCH3 is 1. The van der Waals surface area contributed by atoms with Gasteiger partial charge >= 0.3 is 0 Å². The van der Waals surface area contributed by atoms with Crippen LogP contribution in [0.5, 0.6) is 5.75 Å². The SMILES string of the molecule is CNCc1cc(C)c(OC(C)CCOC)c(C)c1. The summed E-state index contributed by atoms with van der Waals surface area (Å²) in [6.45, 7) is 7.91. The third-order valence-corrected chi connectivity index (χ3v) is 2.95. The second-order valence-corrected chi connectivity index (χ2v) is 4.80. The molecule has 1 rings (SSSR count). The molecule has 102 valence electrons. The van der Waals surface area contributed by atoms with Crippen molar-refractivity contribution < 1.29 is 9.47 Å². The fourth-order valence-electron chi connectivity index (χ4n) is 2.08. The molecule has 0 saturated carbocycles. The third-order valence-electron chi connectivity index (χ3n) is 2.95. The van der Waals surface area contributed by atoms with Gasteiger partial charge in [0.1, 0.15) is 5.75 Å². The van der Waals surface area contributed by atoms with Gasteiger partial charge in [-0.2, -0.15) is 0 Å². The molecule has 1 aromatic rings. The van der Waals surface area contributed by atoms with Gasteiger partial charge in [-0.25, -0.2) is 0 Å². The van der Waals surface area contributed by atoms with Crippen LogP contribution in [0.2, 0.25) is 0 Å². The number of ether oxygens (including phenoxy) is 2. The first-order chi connectivity index (χ1) is 8.58. The van der Waals surface area contributed by atoms with Gasteiger partial charge < -0.3 is 14.8 Å². The number of rotatable bonds is 7. The Morgan fingerprint density at radius 3 is 2.33 bits per heavy atom. The minimum atomic E-state index is 0.178. The molecule has 0 aliphatic heterocycles. The first-order valence-electron chi connectivity index (χ1n) is 6.48. The zero-order chi connectivity index (χ0) is 13.5. The lowest BCUT2D eigenvalue weighted by Crippen LogP contribution is -2.16. The van der Waals surface area contributed by atoms with Crippen LogP contribution in [0.15, 0.2) is 12.1 Å². The highest BCUT2D eigenvalue weighted by Crippen LogP contribution is 2.26. The van der Waals surface area contributed by atoms with E-state index < -0.39 is 0 Å². The van der Waals surface area contributed by atoms with E-state index in [1.165, 1.54) is 16.7 Å². The number of benzene rings is 1. The van der Waals surface area contributed by atoms with Crippen molar-refractivity contribution in [2.45, 2.75) is 39.8 Å². The molecular formula is C15H25NO2. The first kappa shape index (κ1) is 15.0. The third kappa shape index (κ3) is 4.31. The summed E-state index contributed by atoms with van der Waals surface area (Å²) >= 11 is 0. The highest BCUT2D eigenvalue weighted by atomic mass is 16.5. The van der Waals surface area contributed by atoms with Crippen LogP contribution in [0.1, 0.15) is 30.0 Å². The normalized spacial score (nSPS) is 12.5. The van der Waals surface area contributed by atoms with Gasteiger partial charge in [-0.3, -0.25) is 0 Å². The van der Waals surface area contributed by atoms with Gasteiger partial charge in [0, 0.05) is 26.7 Å². The standard InChI is InChI=1S/C15H25NO2/c1-11-8-14(10-16-4)9-12(2)15(11)18-13(3)6-7-17-5/h8-9,13,16H,6-7,10H2,1-5H3. The summed E-state index contributed by atoms with van der Waals surface area (Å²) in [6, 6.07) is 4.36. The maximum atomic E-state index is 6.01. The van der Waals surface area contributed by atoms with Crippen molar-refractivity contribution in [1.82, 2.24) is 5.32 Å². The fourth-order valence-corrected chi connectivity index (χ4v) is 2.08. The summed E-state index contributed by atoms with van der Waals surface area (Å²) in [5, 5.41) is 3.17. The molecule has 3 nitrogen and oxygen atoms in total. The van der Waals surface area contributed by atoms with Gasteiger partial charge in [-0.05, 0) is 44.5 Å². The Hall–Kier alpha value is -1.06. The molecule has 0 aromatic heterocycles. The van der Waals surface area contributed by atoms with Crippen LogP contribution < -0.4 is 10.1 Å². The summed E-state index contributed by atoms with van der Waals surface area (Å²) in [7, 11) is 3.68. The Morgan fingerprint density at radius 2 is 1.83 bits per heavy atom. The van der Waals surface area contributed by atoms with E-state index in [1.54, 1.807) is 7.11 Å². The Bertz CT molecular complexity index is 354. The van der Waals surface area contributed by atoms with E-state index in [0.717, 1.165) is 25.3 Å². The van der Waals surface area contributed by atoms with Crippen molar-refractivity contribution in [3.8, 4) is 5.75 Å². The Labute approximate surface area is 110 Å². The quantitative estimate of drug-likeness (QED) is 0.808. The van der Waals surface area contributed by atoms with E-state index in [0.29, 0.717) is 0 Å². The molecule has 1 aromatic carbocycles. The minimum Gasteiger partial charge on any atom is -0.490 e. The lowest BCUT2D eigenvalue weighted by molar-refractivity contribution is 0.134. The van der Waals surface area contributed by atoms with Crippen LogP contribution in [-0.2, 0) is 11.3 Å². The first-order valence-corrected chi connectivity index (χ1v) is 6.48. The molecule has 18 heavy (non-hydrogen) atoms. The van der Waals surface area contributed by atoms with Crippen molar-refractivity contribution in [2.24, 2.45) is 0 Å². The van der Waals surface area contributed by atoms with Gasteiger partial charge in [-0.15, -0.1) is 0 Å². The number of aryl methyl sites for hydroxylation is 2. The predicted molar refractivity (Wildman–Crippen MR) is 75.3 cm³/mol. The predicted octanol–water partition coefficient (Wildman–Crippen LogP) is 2.83. The van der Waals surface area contributed by atoms with E-state index in [9.17, 15) is 0 Å². The van der Waals surface area contributed by atoms with Crippen LogP contribution in [0, 0.1) is 13.8 Å². The van der Waals surface area contributed by atoms with Crippen LogP contribution in [0.3, 0.4) is 0 Å². The molecule has 0 radical (unpaired) electrons. The monoisotopic (exact) mass is 251 g/mol. The average molecular weight is 251 g/mol.